The van der Waals surface area contributed by atoms with Gasteiger partial charge in [-0.1, -0.05) is 30.3 Å². The van der Waals surface area contributed by atoms with Crippen molar-refractivity contribution in [3.8, 4) is 0 Å². The molecule has 0 spiro atoms. The average Bonchev–Trinajstić information content (AvgIpc) is 2.34. The van der Waals surface area contributed by atoms with Crippen LogP contribution in [0.25, 0.3) is 0 Å². The molecule has 0 aliphatic carbocycles. The zero-order valence-corrected chi connectivity index (χ0v) is 11.2. The van der Waals surface area contributed by atoms with Gasteiger partial charge in [-0.2, -0.15) is 0 Å². The van der Waals surface area contributed by atoms with Crippen LogP contribution in [-0.2, 0) is 16.0 Å². The van der Waals surface area contributed by atoms with Crippen molar-refractivity contribution in [1.82, 2.24) is 0 Å². The fourth-order valence-corrected chi connectivity index (χ4v) is 1.94. The van der Waals surface area contributed by atoms with Crippen LogP contribution in [0.2, 0.25) is 0 Å². The van der Waals surface area contributed by atoms with Gasteiger partial charge in [0, 0.05) is 24.7 Å². The zero-order valence-electron chi connectivity index (χ0n) is 11.2. The maximum Gasteiger partial charge on any atom is 0.302 e. The predicted molar refractivity (Wildman–Crippen MR) is 71.4 cm³/mol. The van der Waals surface area contributed by atoms with E-state index in [0.29, 0.717) is 19.3 Å². The first-order chi connectivity index (χ1) is 8.99. The molecule has 5 nitrogen and oxygen atoms in total. The van der Waals surface area contributed by atoms with E-state index in [2.05, 4.69) is 0 Å². The van der Waals surface area contributed by atoms with Crippen LogP contribution in [0.15, 0.2) is 30.3 Å². The fraction of sp³-hybridized carbons (Fsp3) is 0.500. The van der Waals surface area contributed by atoms with Gasteiger partial charge in [0.2, 0.25) is 6.04 Å². The van der Waals surface area contributed by atoms with Crippen LogP contribution in [0.3, 0.4) is 0 Å². The summed E-state index contributed by atoms with van der Waals surface area (Å²) in [6, 6.07) is 8.74. The van der Waals surface area contributed by atoms with Gasteiger partial charge in [-0.25, -0.2) is 0 Å². The molecule has 1 aromatic carbocycles. The third-order valence-electron chi connectivity index (χ3n) is 2.89. The van der Waals surface area contributed by atoms with E-state index in [4.69, 9.17) is 4.74 Å². The zero-order chi connectivity index (χ0) is 14.3. The van der Waals surface area contributed by atoms with Gasteiger partial charge in [-0.3, -0.25) is 14.9 Å². The van der Waals surface area contributed by atoms with Crippen molar-refractivity contribution in [2.45, 2.75) is 45.3 Å². The molecule has 0 amide bonds. The first-order valence-corrected chi connectivity index (χ1v) is 6.33. The normalized spacial score (nSPS) is 13.6. The van der Waals surface area contributed by atoms with Crippen LogP contribution >= 0.6 is 0 Å². The molecule has 0 N–H and O–H groups in total. The van der Waals surface area contributed by atoms with Gasteiger partial charge in [0.15, 0.2) is 0 Å². The van der Waals surface area contributed by atoms with E-state index in [9.17, 15) is 14.9 Å². The van der Waals surface area contributed by atoms with E-state index in [0.717, 1.165) is 5.56 Å². The van der Waals surface area contributed by atoms with E-state index in [-0.39, 0.29) is 17.0 Å². The maximum absolute atomic E-state index is 11.0. The van der Waals surface area contributed by atoms with E-state index < -0.39 is 6.04 Å². The van der Waals surface area contributed by atoms with Gasteiger partial charge in [-0.15, -0.1) is 0 Å². The van der Waals surface area contributed by atoms with Crippen LogP contribution in [0.1, 0.15) is 32.3 Å². The summed E-state index contributed by atoms with van der Waals surface area (Å²) >= 11 is 0. The lowest BCUT2D eigenvalue weighted by Gasteiger charge is -2.14. The van der Waals surface area contributed by atoms with Crippen molar-refractivity contribution in [3.63, 3.8) is 0 Å². The summed E-state index contributed by atoms with van der Waals surface area (Å²) in [4.78, 5) is 21.5. The molecule has 0 radical (unpaired) electrons. The number of carbonyl (C=O) groups excluding carboxylic acids is 1. The van der Waals surface area contributed by atoms with Crippen molar-refractivity contribution < 1.29 is 14.5 Å². The molecular weight excluding hydrogens is 246 g/mol. The van der Waals surface area contributed by atoms with Crippen LogP contribution in [-0.4, -0.2) is 23.0 Å². The predicted octanol–water partition coefficient (Wildman–Crippen LogP) is 2.61. The third-order valence-corrected chi connectivity index (χ3v) is 2.89. The van der Waals surface area contributed by atoms with Gasteiger partial charge in [0.1, 0.15) is 0 Å². The highest BCUT2D eigenvalue weighted by molar-refractivity contribution is 5.66. The summed E-state index contributed by atoms with van der Waals surface area (Å²) in [6.07, 6.45) is 1.02. The Morgan fingerprint density at radius 2 is 1.95 bits per heavy atom. The second-order valence-corrected chi connectivity index (χ2v) is 4.63. The van der Waals surface area contributed by atoms with Crippen molar-refractivity contribution in [2.75, 3.05) is 0 Å². The molecule has 0 saturated carbocycles. The average molecular weight is 265 g/mol. The van der Waals surface area contributed by atoms with Crippen molar-refractivity contribution >= 4 is 5.97 Å². The highest BCUT2D eigenvalue weighted by atomic mass is 16.6. The molecule has 0 saturated heterocycles. The maximum atomic E-state index is 11.0. The largest absolute Gasteiger partial charge is 0.463 e. The molecule has 0 aliphatic rings. The molecule has 1 rings (SSSR count). The Balaban J connectivity index is 2.50. The summed E-state index contributed by atoms with van der Waals surface area (Å²) in [5, 5.41) is 11.0. The summed E-state index contributed by atoms with van der Waals surface area (Å²) in [5.41, 5.74) is 0.948. The van der Waals surface area contributed by atoms with Crippen LogP contribution in [0.4, 0.5) is 0 Å². The first-order valence-electron chi connectivity index (χ1n) is 6.33. The Morgan fingerprint density at radius 3 is 2.47 bits per heavy atom. The minimum Gasteiger partial charge on any atom is -0.463 e. The monoisotopic (exact) mass is 265 g/mol. The molecule has 2 unspecified atom stereocenters. The minimum atomic E-state index is -0.639. The molecule has 0 aromatic heterocycles. The van der Waals surface area contributed by atoms with E-state index in [1.54, 1.807) is 6.92 Å². The minimum absolute atomic E-state index is 0.256. The number of hydrogen-bond acceptors (Lipinski definition) is 4. The smallest absolute Gasteiger partial charge is 0.302 e. The number of esters is 1. The highest BCUT2D eigenvalue weighted by Gasteiger charge is 2.22. The molecule has 0 aliphatic heterocycles. The summed E-state index contributed by atoms with van der Waals surface area (Å²) in [7, 11) is 0. The van der Waals surface area contributed by atoms with Crippen molar-refractivity contribution in [2.24, 2.45) is 0 Å². The molecule has 104 valence electrons. The van der Waals surface area contributed by atoms with E-state index >= 15 is 0 Å². The van der Waals surface area contributed by atoms with Crippen LogP contribution in [0.5, 0.6) is 0 Å². The Kier molecular flexibility index (Phi) is 5.99. The fourth-order valence-electron chi connectivity index (χ4n) is 1.94. The van der Waals surface area contributed by atoms with Gasteiger partial charge in [0.05, 0.1) is 6.10 Å². The highest BCUT2D eigenvalue weighted by Crippen LogP contribution is 2.13. The van der Waals surface area contributed by atoms with Gasteiger partial charge >= 0.3 is 5.97 Å². The number of nitro groups is 1. The number of hydrogen-bond donors (Lipinski definition) is 0. The Morgan fingerprint density at radius 1 is 1.32 bits per heavy atom. The lowest BCUT2D eigenvalue weighted by Crippen LogP contribution is -2.24. The third kappa shape index (κ3) is 5.99. The Bertz CT molecular complexity index is 419. The summed E-state index contributed by atoms with van der Waals surface area (Å²) in [5.74, 6) is -0.354. The molecule has 2 atom stereocenters. The SMILES string of the molecule is CC(=O)OC(C)CCC(Cc1ccccc1)[N+](=O)[O-]. The summed E-state index contributed by atoms with van der Waals surface area (Å²) in [6.45, 7) is 3.09. The molecule has 19 heavy (non-hydrogen) atoms. The number of rotatable bonds is 7. The number of benzene rings is 1. The Hall–Kier alpha value is -1.91. The van der Waals surface area contributed by atoms with Gasteiger partial charge in [-0.05, 0) is 18.9 Å². The lowest BCUT2D eigenvalue weighted by molar-refractivity contribution is -0.523. The number of nitrogens with zero attached hydrogens (tertiary/aromatic N) is 1. The molecule has 0 heterocycles. The van der Waals surface area contributed by atoms with E-state index in [1.165, 1.54) is 6.92 Å². The van der Waals surface area contributed by atoms with Gasteiger partial charge in [0.25, 0.3) is 0 Å². The summed E-state index contributed by atoms with van der Waals surface area (Å²) < 4.78 is 4.97. The number of carbonyl (C=O) groups is 1. The Labute approximate surface area is 112 Å². The van der Waals surface area contributed by atoms with Gasteiger partial charge < -0.3 is 4.74 Å². The molecule has 0 fully saturated rings. The topological polar surface area (TPSA) is 69.4 Å². The van der Waals surface area contributed by atoms with E-state index in [1.807, 2.05) is 30.3 Å². The molecular formula is C14H19NO4. The molecule has 1 aromatic rings. The van der Waals surface area contributed by atoms with Crippen LogP contribution < -0.4 is 0 Å². The van der Waals surface area contributed by atoms with Crippen molar-refractivity contribution in [3.05, 3.63) is 46.0 Å². The first kappa shape index (κ1) is 15.1. The quantitative estimate of drug-likeness (QED) is 0.431. The second kappa shape index (κ2) is 7.51. The lowest BCUT2D eigenvalue weighted by atomic mass is 10.0. The van der Waals surface area contributed by atoms with Crippen LogP contribution in [0, 0.1) is 10.1 Å². The molecule has 0 bridgehead atoms. The standard InChI is InChI=1S/C14H19NO4/c1-11(19-12(2)16)8-9-14(15(17)18)10-13-6-4-3-5-7-13/h3-7,11,14H,8-10H2,1-2H3. The van der Waals surface area contributed by atoms with Crippen molar-refractivity contribution in [1.29, 1.82) is 0 Å². The number of ether oxygens (including phenoxy) is 1. The molecule has 5 heteroatoms. The second-order valence-electron chi connectivity index (χ2n) is 4.63.